The average molecular weight is 1310 g/mol. The van der Waals surface area contributed by atoms with Gasteiger partial charge in [-0.25, -0.2) is 4.57 Å². The first-order valence-corrected chi connectivity index (χ1v) is 41.4. The standard InChI is InChI=1S/C83H155N2O6P/c1-6-8-10-12-14-16-18-20-22-24-26-28-30-32-34-36-38-39-40-41-42-43-44-45-47-49-51-53-55-57-59-61-63-65-67-69-71-73-75-77-83(87)84-81(80-91-92(88,89)90-79-78-85(3,4)5)82(86)76-74-72-70-68-66-64-62-60-58-56-54-52-50-48-46-37-35-33-31-29-27-25-23-21-19-17-15-13-11-9-7-2/h8,10,14,16,20,22,26,28,32,34,38-39,41-42,81-82,86H,6-7,9,11-13,15,17-19,21,23-25,27,29-31,33,35-37,40,43-80H2,1-5H3,(H-,84,87,88,89)/p+1/b10-8-,16-14-,22-20-,28-26-,34-32-,39-38-,42-41-. The van der Waals surface area contributed by atoms with Crippen molar-refractivity contribution in [3.63, 3.8) is 0 Å². The number of nitrogens with zero attached hydrogens (tertiary/aromatic N) is 1. The van der Waals surface area contributed by atoms with E-state index in [1.807, 2.05) is 21.1 Å². The van der Waals surface area contributed by atoms with E-state index in [0.29, 0.717) is 23.9 Å². The van der Waals surface area contributed by atoms with E-state index in [2.05, 4.69) is 104 Å². The molecule has 0 heterocycles. The maximum Gasteiger partial charge on any atom is 0.472 e. The molecule has 3 atom stereocenters. The van der Waals surface area contributed by atoms with Crippen molar-refractivity contribution < 1.29 is 32.9 Å². The van der Waals surface area contributed by atoms with E-state index in [1.165, 1.54) is 276 Å². The van der Waals surface area contributed by atoms with Crippen LogP contribution in [0.5, 0.6) is 0 Å². The van der Waals surface area contributed by atoms with Gasteiger partial charge in [0.1, 0.15) is 13.2 Å². The van der Waals surface area contributed by atoms with Gasteiger partial charge in [0.05, 0.1) is 39.9 Å². The lowest BCUT2D eigenvalue weighted by atomic mass is 10.0. The second-order valence-corrected chi connectivity index (χ2v) is 29.9. The zero-order chi connectivity index (χ0) is 66.9. The Balaban J connectivity index is 3.95. The summed E-state index contributed by atoms with van der Waals surface area (Å²) in [6.45, 7) is 4.83. The van der Waals surface area contributed by atoms with E-state index in [0.717, 1.165) is 83.5 Å². The molecule has 3 unspecified atom stereocenters. The third kappa shape index (κ3) is 75.1. The summed E-state index contributed by atoms with van der Waals surface area (Å²) in [6, 6.07) is -0.766. The molecule has 0 bridgehead atoms. The minimum atomic E-state index is -4.34. The Bertz CT molecular complexity index is 1780. The predicted octanol–water partition coefficient (Wildman–Crippen LogP) is 26.2. The number of phosphoric ester groups is 1. The molecule has 8 nitrogen and oxygen atoms in total. The summed E-state index contributed by atoms with van der Waals surface area (Å²) < 4.78 is 24.0. The highest BCUT2D eigenvalue weighted by molar-refractivity contribution is 7.47. The van der Waals surface area contributed by atoms with Crippen molar-refractivity contribution in [1.29, 1.82) is 0 Å². The molecule has 0 radical (unpaired) electrons. The number of allylic oxidation sites excluding steroid dienone is 14. The average Bonchev–Trinajstić information content (AvgIpc) is 2.63. The molecule has 0 aliphatic rings. The van der Waals surface area contributed by atoms with Crippen molar-refractivity contribution >= 4 is 13.7 Å². The minimum Gasteiger partial charge on any atom is -0.391 e. The highest BCUT2D eigenvalue weighted by atomic mass is 31.2. The van der Waals surface area contributed by atoms with Crippen LogP contribution in [0.3, 0.4) is 0 Å². The Hall–Kier alpha value is -2.32. The van der Waals surface area contributed by atoms with Crippen LogP contribution in [-0.2, 0) is 18.4 Å². The van der Waals surface area contributed by atoms with Crippen molar-refractivity contribution in [2.24, 2.45) is 0 Å². The van der Waals surface area contributed by atoms with E-state index in [4.69, 9.17) is 9.05 Å². The molecular weight excluding hydrogens is 1150 g/mol. The zero-order valence-corrected chi connectivity index (χ0v) is 62.7. The molecule has 0 rings (SSSR count). The van der Waals surface area contributed by atoms with Crippen LogP contribution in [0.25, 0.3) is 0 Å². The monoisotopic (exact) mass is 1310 g/mol. The number of hydrogen-bond acceptors (Lipinski definition) is 5. The van der Waals surface area contributed by atoms with E-state index in [1.54, 1.807) is 0 Å². The van der Waals surface area contributed by atoms with E-state index >= 15 is 0 Å². The second-order valence-electron chi connectivity index (χ2n) is 28.4. The lowest BCUT2D eigenvalue weighted by molar-refractivity contribution is -0.870. The van der Waals surface area contributed by atoms with Crippen LogP contribution in [0.4, 0.5) is 0 Å². The van der Waals surface area contributed by atoms with Gasteiger partial charge in [0, 0.05) is 6.42 Å². The molecule has 92 heavy (non-hydrogen) atoms. The quantitative estimate of drug-likeness (QED) is 0.0243. The van der Waals surface area contributed by atoms with Crippen LogP contribution < -0.4 is 5.32 Å². The molecule has 9 heteroatoms. The Morgan fingerprint density at radius 1 is 0.380 bits per heavy atom. The SMILES string of the molecule is CC/C=C\C/C=C\C/C=C\C/C=C\C/C=C\C/C=C\C/C=C\CCCCCCCCCCCCCCCCCCCC(=O)NC(COP(=O)(O)OCC[N+](C)(C)C)C(O)CCCCCCCCCCCCCCCCCCCCCCCCCCCCCCCCC. The first-order chi connectivity index (χ1) is 45.0. The van der Waals surface area contributed by atoms with Gasteiger partial charge in [-0.1, -0.05) is 394 Å². The molecular formula is C83H156N2O6P+. The number of nitrogens with one attached hydrogen (secondary N) is 1. The molecule has 0 saturated heterocycles. The van der Waals surface area contributed by atoms with Crippen LogP contribution >= 0.6 is 7.82 Å². The molecule has 0 spiro atoms. The Kier molecular flexibility index (Phi) is 71.1. The highest BCUT2D eigenvalue weighted by Crippen LogP contribution is 2.43. The molecule has 1 amide bonds. The maximum atomic E-state index is 13.1. The first kappa shape index (κ1) is 89.7. The van der Waals surface area contributed by atoms with Gasteiger partial charge in [0.15, 0.2) is 0 Å². The molecule has 0 aliphatic heterocycles. The summed E-state index contributed by atoms with van der Waals surface area (Å²) in [7, 11) is 1.63. The van der Waals surface area contributed by atoms with E-state index in [9.17, 15) is 19.4 Å². The smallest absolute Gasteiger partial charge is 0.391 e. The summed E-state index contributed by atoms with van der Waals surface area (Å²) in [6.07, 6.45) is 104. The summed E-state index contributed by atoms with van der Waals surface area (Å²) in [5.74, 6) is -0.139. The van der Waals surface area contributed by atoms with Gasteiger partial charge in [-0.05, 0) is 70.6 Å². The van der Waals surface area contributed by atoms with Gasteiger partial charge in [-0.2, -0.15) is 0 Å². The summed E-state index contributed by atoms with van der Waals surface area (Å²) in [5, 5.41) is 14.2. The van der Waals surface area contributed by atoms with Crippen LogP contribution in [0.1, 0.15) is 386 Å². The lowest BCUT2D eigenvalue weighted by Crippen LogP contribution is -2.46. The molecule has 0 aromatic carbocycles. The number of aliphatic hydroxyl groups is 1. The minimum absolute atomic E-state index is 0.0743. The number of carbonyl (C=O) groups excluding carboxylic acids is 1. The van der Waals surface area contributed by atoms with Crippen molar-refractivity contribution in [2.75, 3.05) is 40.9 Å². The molecule has 0 saturated carbocycles. The maximum absolute atomic E-state index is 13.1. The number of aliphatic hydroxyl groups excluding tert-OH is 1. The Labute approximate surface area is 573 Å². The first-order valence-electron chi connectivity index (χ1n) is 40.0. The van der Waals surface area contributed by atoms with Crippen molar-refractivity contribution in [2.45, 2.75) is 398 Å². The van der Waals surface area contributed by atoms with Crippen LogP contribution in [0.2, 0.25) is 0 Å². The Morgan fingerprint density at radius 3 is 0.957 bits per heavy atom. The number of likely N-dealkylation sites (N-methyl/N-ethyl adjacent to an activating group) is 1. The normalized spacial score (nSPS) is 13.9. The fraction of sp³-hybridized carbons (Fsp3) is 0.819. The lowest BCUT2D eigenvalue weighted by Gasteiger charge is -2.26. The van der Waals surface area contributed by atoms with Gasteiger partial charge in [-0.3, -0.25) is 13.8 Å². The summed E-state index contributed by atoms with van der Waals surface area (Å²) >= 11 is 0. The number of amides is 1. The number of rotatable bonds is 74. The highest BCUT2D eigenvalue weighted by Gasteiger charge is 2.28. The fourth-order valence-electron chi connectivity index (χ4n) is 12.0. The van der Waals surface area contributed by atoms with Gasteiger partial charge in [0.25, 0.3) is 0 Å². The Morgan fingerprint density at radius 2 is 0.652 bits per heavy atom. The van der Waals surface area contributed by atoms with Gasteiger partial charge in [-0.15, -0.1) is 0 Å². The van der Waals surface area contributed by atoms with E-state index < -0.39 is 20.0 Å². The van der Waals surface area contributed by atoms with Gasteiger partial charge >= 0.3 is 7.82 Å². The van der Waals surface area contributed by atoms with Crippen LogP contribution in [0, 0.1) is 0 Å². The summed E-state index contributed by atoms with van der Waals surface area (Å²) in [4.78, 5) is 23.5. The molecule has 0 aromatic rings. The molecule has 3 N–H and O–H groups in total. The molecule has 0 aromatic heterocycles. The number of carbonyl (C=O) groups is 1. The topological polar surface area (TPSA) is 105 Å². The molecule has 0 fully saturated rings. The van der Waals surface area contributed by atoms with Crippen LogP contribution in [0.15, 0.2) is 85.1 Å². The third-order valence-electron chi connectivity index (χ3n) is 18.2. The van der Waals surface area contributed by atoms with Gasteiger partial charge < -0.3 is 19.8 Å². The zero-order valence-electron chi connectivity index (χ0n) is 61.8. The van der Waals surface area contributed by atoms with Crippen molar-refractivity contribution in [1.82, 2.24) is 5.32 Å². The number of unbranched alkanes of at least 4 members (excludes halogenated alkanes) is 47. The predicted molar refractivity (Wildman–Crippen MR) is 406 cm³/mol. The fourth-order valence-corrected chi connectivity index (χ4v) is 12.8. The number of hydrogen-bond donors (Lipinski definition) is 3. The third-order valence-corrected chi connectivity index (χ3v) is 19.1. The van der Waals surface area contributed by atoms with E-state index in [-0.39, 0.29) is 19.1 Å². The van der Waals surface area contributed by atoms with Gasteiger partial charge in [0.2, 0.25) is 5.91 Å². The van der Waals surface area contributed by atoms with Crippen molar-refractivity contribution in [3.05, 3.63) is 85.1 Å². The number of phosphoric acid groups is 1. The van der Waals surface area contributed by atoms with Crippen LogP contribution in [-0.4, -0.2) is 73.4 Å². The molecule has 538 valence electrons. The van der Waals surface area contributed by atoms with Crippen molar-refractivity contribution in [3.8, 4) is 0 Å². The largest absolute Gasteiger partial charge is 0.472 e. The number of quaternary nitrogens is 1. The second kappa shape index (κ2) is 72.9. The molecule has 0 aliphatic carbocycles. The summed E-state index contributed by atoms with van der Waals surface area (Å²) in [5.41, 5.74) is 0.